The molecule has 0 amide bonds. The minimum Gasteiger partial charge on any atom is -0.206 e. The Morgan fingerprint density at radius 3 is 1.93 bits per heavy atom. The van der Waals surface area contributed by atoms with E-state index in [4.69, 9.17) is 0 Å². The van der Waals surface area contributed by atoms with E-state index in [9.17, 15) is 22.0 Å². The van der Waals surface area contributed by atoms with Crippen molar-refractivity contribution < 1.29 is 22.0 Å². The number of halogens is 6. The van der Waals surface area contributed by atoms with Gasteiger partial charge in [-0.05, 0) is 54.0 Å². The Morgan fingerprint density at radius 1 is 0.867 bits per heavy atom. The summed E-state index contributed by atoms with van der Waals surface area (Å²) < 4.78 is 65.8. The molecule has 0 unspecified atom stereocenters. The van der Waals surface area contributed by atoms with Crippen LogP contribution in [-0.4, -0.2) is 0 Å². The molecule has 0 aromatic heterocycles. The van der Waals surface area contributed by atoms with E-state index in [2.05, 4.69) is 6.92 Å². The first kappa shape index (κ1) is 23.5. The summed E-state index contributed by atoms with van der Waals surface area (Å²) in [7, 11) is 0. The summed E-state index contributed by atoms with van der Waals surface area (Å²) in [5.41, 5.74) is -0.562. The van der Waals surface area contributed by atoms with Gasteiger partial charge in [0.05, 0.1) is 0 Å². The molecule has 0 heterocycles. The fourth-order valence-electron chi connectivity index (χ4n) is 4.54. The van der Waals surface area contributed by atoms with Crippen molar-refractivity contribution in [1.29, 1.82) is 0 Å². The van der Waals surface area contributed by atoms with Crippen molar-refractivity contribution in [2.45, 2.75) is 62.2 Å². The Labute approximate surface area is 188 Å². The lowest BCUT2D eigenvalue weighted by atomic mass is 9.78. The van der Waals surface area contributed by atoms with Gasteiger partial charge in [0.15, 0.2) is 0 Å². The van der Waals surface area contributed by atoms with Crippen LogP contribution in [0.2, 0.25) is 0 Å². The molecule has 0 spiro atoms. The molecule has 1 aliphatic carbocycles. The summed E-state index contributed by atoms with van der Waals surface area (Å²) in [5.74, 6) is -1.86. The molecule has 1 fully saturated rings. The lowest BCUT2D eigenvalue weighted by molar-refractivity contribution is 0.117. The van der Waals surface area contributed by atoms with Crippen LogP contribution in [0.3, 0.4) is 0 Å². The van der Waals surface area contributed by atoms with E-state index in [1.54, 1.807) is 6.07 Å². The standard InChI is InChI=1S/C24H26F5I/c1-2-3-15-4-6-16(7-5-15)8-9-17-10-11-19(20(25)12-17)18-13-21(26)23(22(27)14-18)24(28,29)30/h10-16H,2-9H2,1H3. The SMILES string of the molecule is CCCC1CCC(CCc2ccc(-c3cc(F)c(C(F)(F)I)c(F)c3)c(F)c2)CC1. The van der Waals surface area contributed by atoms with Crippen molar-refractivity contribution in [3.8, 4) is 11.1 Å². The highest BCUT2D eigenvalue weighted by Gasteiger charge is 2.35. The number of aryl methyl sites for hydroxylation is 1. The van der Waals surface area contributed by atoms with Gasteiger partial charge in [-0.25, -0.2) is 13.2 Å². The molecular weight excluding hydrogens is 510 g/mol. The molecule has 0 nitrogen and oxygen atoms in total. The number of hydrogen-bond acceptors (Lipinski definition) is 0. The topological polar surface area (TPSA) is 0 Å². The average Bonchev–Trinajstić information content (AvgIpc) is 2.66. The van der Waals surface area contributed by atoms with Gasteiger partial charge in [-0.15, -0.1) is 0 Å². The first-order chi connectivity index (χ1) is 14.2. The normalized spacial score (nSPS) is 19.8. The first-order valence-electron chi connectivity index (χ1n) is 10.5. The third-order valence-corrected chi connectivity index (χ3v) is 6.71. The Balaban J connectivity index is 1.67. The monoisotopic (exact) mass is 536 g/mol. The van der Waals surface area contributed by atoms with Crippen molar-refractivity contribution in [3.05, 3.63) is 58.9 Å². The smallest absolute Gasteiger partial charge is 0.206 e. The summed E-state index contributed by atoms with van der Waals surface area (Å²) in [6, 6.07) is 6.13. The van der Waals surface area contributed by atoms with Crippen LogP contribution in [0.25, 0.3) is 11.1 Å². The summed E-state index contributed by atoms with van der Waals surface area (Å²) in [6.45, 7) is 2.22. The summed E-state index contributed by atoms with van der Waals surface area (Å²) >= 11 is 0.676. The maximum atomic E-state index is 14.6. The predicted octanol–water partition coefficient (Wildman–Crippen LogP) is 8.79. The largest absolute Gasteiger partial charge is 0.327 e. The van der Waals surface area contributed by atoms with Gasteiger partial charge in [0.2, 0.25) is 0 Å². The second-order valence-corrected chi connectivity index (χ2v) is 9.70. The zero-order valence-corrected chi connectivity index (χ0v) is 19.1. The third kappa shape index (κ3) is 5.74. The van der Waals surface area contributed by atoms with Gasteiger partial charge in [0, 0.05) is 28.2 Å². The van der Waals surface area contributed by atoms with Crippen LogP contribution in [0.15, 0.2) is 30.3 Å². The molecule has 164 valence electrons. The minimum atomic E-state index is -3.68. The second kappa shape index (κ2) is 9.96. The molecule has 3 rings (SSSR count). The molecule has 30 heavy (non-hydrogen) atoms. The maximum Gasteiger partial charge on any atom is 0.327 e. The van der Waals surface area contributed by atoms with E-state index >= 15 is 0 Å². The van der Waals surface area contributed by atoms with E-state index in [0.717, 1.165) is 36.5 Å². The van der Waals surface area contributed by atoms with E-state index in [1.807, 2.05) is 0 Å². The molecule has 1 saturated carbocycles. The Kier molecular flexibility index (Phi) is 7.80. The van der Waals surface area contributed by atoms with Crippen molar-refractivity contribution >= 4 is 22.6 Å². The van der Waals surface area contributed by atoms with Crippen LogP contribution in [0.1, 0.15) is 63.0 Å². The highest BCUT2D eigenvalue weighted by Crippen LogP contribution is 2.40. The lowest BCUT2D eigenvalue weighted by Gasteiger charge is -2.28. The number of benzene rings is 2. The van der Waals surface area contributed by atoms with Crippen LogP contribution in [0, 0.1) is 29.3 Å². The maximum absolute atomic E-state index is 14.6. The Morgan fingerprint density at radius 2 is 1.43 bits per heavy atom. The molecule has 6 heteroatoms. The number of hydrogen-bond donors (Lipinski definition) is 0. The van der Waals surface area contributed by atoms with Crippen LogP contribution in [-0.2, 0) is 10.4 Å². The zero-order chi connectivity index (χ0) is 21.9. The molecule has 0 aliphatic heterocycles. The minimum absolute atomic E-state index is 0.0000479. The van der Waals surface area contributed by atoms with Crippen LogP contribution in [0.4, 0.5) is 22.0 Å². The van der Waals surface area contributed by atoms with Crippen LogP contribution >= 0.6 is 22.6 Å². The molecule has 2 aromatic rings. The highest BCUT2D eigenvalue weighted by molar-refractivity contribution is 14.1. The molecule has 0 radical (unpaired) electrons. The van der Waals surface area contributed by atoms with E-state index in [0.29, 0.717) is 28.5 Å². The van der Waals surface area contributed by atoms with Gasteiger partial charge >= 0.3 is 3.93 Å². The molecular formula is C24H26F5I. The fraction of sp³-hybridized carbons (Fsp3) is 0.500. The predicted molar refractivity (Wildman–Crippen MR) is 118 cm³/mol. The zero-order valence-electron chi connectivity index (χ0n) is 17.0. The average molecular weight is 536 g/mol. The van der Waals surface area contributed by atoms with Gasteiger partial charge < -0.3 is 0 Å². The van der Waals surface area contributed by atoms with E-state index < -0.39 is 26.9 Å². The first-order valence-corrected chi connectivity index (χ1v) is 11.6. The van der Waals surface area contributed by atoms with Crippen molar-refractivity contribution in [2.24, 2.45) is 11.8 Å². The van der Waals surface area contributed by atoms with Gasteiger partial charge in [0.1, 0.15) is 23.0 Å². The van der Waals surface area contributed by atoms with Crippen LogP contribution in [0.5, 0.6) is 0 Å². The number of alkyl halides is 3. The second-order valence-electron chi connectivity index (χ2n) is 8.34. The quantitative estimate of drug-likeness (QED) is 0.189. The molecule has 2 aromatic carbocycles. The van der Waals surface area contributed by atoms with Gasteiger partial charge in [-0.1, -0.05) is 57.6 Å². The van der Waals surface area contributed by atoms with Crippen LogP contribution < -0.4 is 0 Å². The van der Waals surface area contributed by atoms with Crippen molar-refractivity contribution in [2.75, 3.05) is 0 Å². The molecule has 0 saturated heterocycles. The fourth-order valence-corrected chi connectivity index (χ4v) is 5.05. The lowest BCUT2D eigenvalue weighted by Crippen LogP contribution is -2.15. The Bertz CT molecular complexity index is 843. The Hall–Kier alpha value is -1.18. The molecule has 0 bridgehead atoms. The van der Waals surface area contributed by atoms with E-state index in [-0.39, 0.29) is 11.1 Å². The van der Waals surface area contributed by atoms with Crippen molar-refractivity contribution in [1.82, 2.24) is 0 Å². The highest BCUT2D eigenvalue weighted by atomic mass is 127. The van der Waals surface area contributed by atoms with Crippen molar-refractivity contribution in [3.63, 3.8) is 0 Å². The summed E-state index contributed by atoms with van der Waals surface area (Å²) in [5, 5.41) is 0. The molecule has 0 atom stereocenters. The van der Waals surface area contributed by atoms with Gasteiger partial charge in [0.25, 0.3) is 0 Å². The molecule has 0 N–H and O–H groups in total. The summed E-state index contributed by atoms with van der Waals surface area (Å²) in [4.78, 5) is 0. The van der Waals surface area contributed by atoms with Gasteiger partial charge in [-0.3, -0.25) is 0 Å². The van der Waals surface area contributed by atoms with E-state index in [1.165, 1.54) is 50.7 Å². The number of rotatable bonds is 7. The summed E-state index contributed by atoms with van der Waals surface area (Å²) in [6.07, 6.45) is 9.28. The molecule has 1 aliphatic rings. The third-order valence-electron chi connectivity index (χ3n) is 6.17. The van der Waals surface area contributed by atoms with Gasteiger partial charge in [-0.2, -0.15) is 8.78 Å².